The van der Waals surface area contributed by atoms with E-state index in [9.17, 15) is 0 Å². The third-order valence-corrected chi connectivity index (χ3v) is 5.15. The van der Waals surface area contributed by atoms with E-state index in [0.29, 0.717) is 5.41 Å². The summed E-state index contributed by atoms with van der Waals surface area (Å²) in [5.74, 6) is 0.783. The normalized spacial score (nSPS) is 13.7. The Balaban J connectivity index is 2.20. The minimum atomic E-state index is 0.291. The van der Waals surface area contributed by atoms with Crippen molar-refractivity contribution in [2.45, 2.75) is 52.4 Å². The number of nitrogens with one attached hydrogen (secondary N) is 1. The molecule has 1 N–H and O–H groups in total. The van der Waals surface area contributed by atoms with Gasteiger partial charge in [-0.1, -0.05) is 27.7 Å². The van der Waals surface area contributed by atoms with Crippen LogP contribution in [-0.4, -0.2) is 26.8 Å². The van der Waals surface area contributed by atoms with E-state index >= 15 is 0 Å². The van der Waals surface area contributed by atoms with Crippen molar-refractivity contribution in [3.63, 3.8) is 0 Å². The van der Waals surface area contributed by atoms with E-state index in [1.54, 1.807) is 7.11 Å². The first-order valence-corrected chi connectivity index (χ1v) is 8.54. The summed E-state index contributed by atoms with van der Waals surface area (Å²) in [5, 5.41) is 3.42. The number of methoxy groups -OCH3 is 1. The topological polar surface area (TPSA) is 21.3 Å². The largest absolute Gasteiger partial charge is 0.383 e. The minimum absolute atomic E-state index is 0.291. The Morgan fingerprint density at radius 3 is 2.55 bits per heavy atom. The van der Waals surface area contributed by atoms with Crippen molar-refractivity contribution in [2.75, 3.05) is 26.8 Å². The van der Waals surface area contributed by atoms with Gasteiger partial charge in [0.2, 0.25) is 0 Å². The highest BCUT2D eigenvalue weighted by Gasteiger charge is 2.16. The Hall–Kier alpha value is -0.380. The second-order valence-electron chi connectivity index (χ2n) is 6.69. The van der Waals surface area contributed by atoms with Gasteiger partial charge in [-0.05, 0) is 49.3 Å². The summed E-state index contributed by atoms with van der Waals surface area (Å²) in [4.78, 5) is 3.04. The number of hydrogen-bond acceptors (Lipinski definition) is 3. The molecule has 116 valence electrons. The van der Waals surface area contributed by atoms with Gasteiger partial charge >= 0.3 is 0 Å². The van der Waals surface area contributed by atoms with Gasteiger partial charge in [0.1, 0.15) is 0 Å². The van der Waals surface area contributed by atoms with Crippen LogP contribution in [0.2, 0.25) is 0 Å². The molecule has 1 unspecified atom stereocenters. The maximum absolute atomic E-state index is 5.02. The molecule has 0 amide bonds. The SMILES string of the molecule is COCCNCCC(C)CCc1ccc(C(C)(C)C)s1. The van der Waals surface area contributed by atoms with Crippen LogP contribution in [0.4, 0.5) is 0 Å². The predicted molar refractivity (Wildman–Crippen MR) is 89.9 cm³/mol. The zero-order chi connectivity index (χ0) is 15.0. The van der Waals surface area contributed by atoms with Crippen molar-refractivity contribution in [2.24, 2.45) is 5.92 Å². The number of ether oxygens (including phenoxy) is 1. The average molecular weight is 298 g/mol. The lowest BCUT2D eigenvalue weighted by Gasteiger charge is -2.15. The van der Waals surface area contributed by atoms with Crippen LogP contribution in [0.1, 0.15) is 50.3 Å². The minimum Gasteiger partial charge on any atom is -0.383 e. The van der Waals surface area contributed by atoms with E-state index in [0.717, 1.165) is 25.6 Å². The van der Waals surface area contributed by atoms with Crippen molar-refractivity contribution in [3.05, 3.63) is 21.9 Å². The lowest BCUT2D eigenvalue weighted by Crippen LogP contribution is -2.21. The van der Waals surface area contributed by atoms with Gasteiger partial charge in [0.05, 0.1) is 6.61 Å². The number of aryl methyl sites for hydroxylation is 1. The highest BCUT2D eigenvalue weighted by Crippen LogP contribution is 2.30. The molecule has 1 aromatic heterocycles. The fourth-order valence-electron chi connectivity index (χ4n) is 2.10. The van der Waals surface area contributed by atoms with E-state index in [2.05, 4.69) is 45.1 Å². The molecule has 0 aliphatic heterocycles. The van der Waals surface area contributed by atoms with Crippen LogP contribution in [0.3, 0.4) is 0 Å². The first-order valence-electron chi connectivity index (χ1n) is 7.72. The fraction of sp³-hybridized carbons (Fsp3) is 0.765. The van der Waals surface area contributed by atoms with Gasteiger partial charge < -0.3 is 10.1 Å². The molecule has 1 heterocycles. The molecule has 0 radical (unpaired) electrons. The van der Waals surface area contributed by atoms with Crippen LogP contribution in [0, 0.1) is 5.92 Å². The first kappa shape index (κ1) is 17.7. The summed E-state index contributed by atoms with van der Waals surface area (Å²) in [6, 6.07) is 4.62. The molecule has 3 heteroatoms. The van der Waals surface area contributed by atoms with Crippen molar-refractivity contribution < 1.29 is 4.74 Å². The Labute approximate surface area is 128 Å². The van der Waals surface area contributed by atoms with Gasteiger partial charge in [0.15, 0.2) is 0 Å². The summed E-state index contributed by atoms with van der Waals surface area (Å²) in [7, 11) is 1.75. The van der Waals surface area contributed by atoms with Crippen LogP contribution < -0.4 is 5.32 Å². The molecule has 1 atom stereocenters. The molecule has 2 nitrogen and oxygen atoms in total. The zero-order valence-corrected chi connectivity index (χ0v) is 14.6. The van der Waals surface area contributed by atoms with Crippen LogP contribution in [0.5, 0.6) is 0 Å². The smallest absolute Gasteiger partial charge is 0.0587 e. The summed E-state index contributed by atoms with van der Waals surface area (Å²) in [6.45, 7) is 12.1. The maximum atomic E-state index is 5.02. The monoisotopic (exact) mass is 297 g/mol. The molecule has 0 saturated carbocycles. The summed E-state index contributed by atoms with van der Waals surface area (Å²) < 4.78 is 5.02. The highest BCUT2D eigenvalue weighted by molar-refractivity contribution is 7.12. The average Bonchev–Trinajstić information content (AvgIpc) is 2.85. The van der Waals surface area contributed by atoms with E-state index < -0.39 is 0 Å². The Kier molecular flexibility index (Phi) is 7.78. The van der Waals surface area contributed by atoms with Crippen molar-refractivity contribution in [1.29, 1.82) is 0 Å². The third-order valence-electron chi connectivity index (χ3n) is 3.58. The van der Waals surface area contributed by atoms with Crippen LogP contribution >= 0.6 is 11.3 Å². The van der Waals surface area contributed by atoms with Gasteiger partial charge in [-0.25, -0.2) is 0 Å². The van der Waals surface area contributed by atoms with Gasteiger partial charge in [-0.15, -0.1) is 11.3 Å². The van der Waals surface area contributed by atoms with Crippen molar-refractivity contribution >= 4 is 11.3 Å². The van der Waals surface area contributed by atoms with E-state index in [1.807, 2.05) is 11.3 Å². The highest BCUT2D eigenvalue weighted by atomic mass is 32.1. The van der Waals surface area contributed by atoms with E-state index in [4.69, 9.17) is 4.74 Å². The summed E-state index contributed by atoms with van der Waals surface area (Å²) in [5.41, 5.74) is 0.291. The molecular weight excluding hydrogens is 266 g/mol. The standard InChI is InChI=1S/C17H31NOS/c1-14(10-11-18-12-13-19-5)6-7-15-8-9-16(20-15)17(2,3)4/h8-9,14,18H,6-7,10-13H2,1-5H3. The second-order valence-corrected chi connectivity index (χ2v) is 7.86. The van der Waals surface area contributed by atoms with Gasteiger partial charge in [-0.2, -0.15) is 0 Å². The molecule has 1 aromatic rings. The quantitative estimate of drug-likeness (QED) is 0.688. The molecule has 1 rings (SSSR count). The zero-order valence-electron chi connectivity index (χ0n) is 13.8. The van der Waals surface area contributed by atoms with Crippen molar-refractivity contribution in [3.8, 4) is 0 Å². The molecule has 0 aliphatic rings. The van der Waals surface area contributed by atoms with Gasteiger partial charge in [0, 0.05) is 23.4 Å². The molecule has 0 fully saturated rings. The second kappa shape index (κ2) is 8.81. The third kappa shape index (κ3) is 6.87. The van der Waals surface area contributed by atoms with E-state index in [1.165, 1.54) is 29.0 Å². The first-order chi connectivity index (χ1) is 9.43. The van der Waals surface area contributed by atoms with Gasteiger partial charge in [-0.3, -0.25) is 0 Å². The Morgan fingerprint density at radius 1 is 1.20 bits per heavy atom. The lowest BCUT2D eigenvalue weighted by atomic mass is 9.95. The maximum Gasteiger partial charge on any atom is 0.0587 e. The number of rotatable bonds is 9. The molecule has 0 aliphatic carbocycles. The molecular formula is C17H31NOS. The number of thiophene rings is 1. The molecule has 0 bridgehead atoms. The van der Waals surface area contributed by atoms with Crippen LogP contribution in [0.25, 0.3) is 0 Å². The Bertz CT molecular complexity index is 367. The summed E-state index contributed by atoms with van der Waals surface area (Å²) in [6.07, 6.45) is 3.76. The molecule has 0 spiro atoms. The predicted octanol–water partition coefficient (Wildman–Crippen LogP) is 4.24. The number of hydrogen-bond donors (Lipinski definition) is 1. The lowest BCUT2D eigenvalue weighted by molar-refractivity contribution is 0.199. The van der Waals surface area contributed by atoms with Gasteiger partial charge in [0.25, 0.3) is 0 Å². The van der Waals surface area contributed by atoms with Crippen LogP contribution in [-0.2, 0) is 16.6 Å². The molecule has 0 saturated heterocycles. The van der Waals surface area contributed by atoms with E-state index in [-0.39, 0.29) is 0 Å². The fourth-order valence-corrected chi connectivity index (χ4v) is 3.18. The summed E-state index contributed by atoms with van der Waals surface area (Å²) >= 11 is 1.98. The van der Waals surface area contributed by atoms with Crippen molar-refractivity contribution in [1.82, 2.24) is 5.32 Å². The van der Waals surface area contributed by atoms with Crippen LogP contribution in [0.15, 0.2) is 12.1 Å². The Morgan fingerprint density at radius 2 is 1.95 bits per heavy atom. The molecule has 20 heavy (non-hydrogen) atoms. The molecule has 0 aromatic carbocycles.